The molecule has 0 aliphatic heterocycles. The van der Waals surface area contributed by atoms with Crippen molar-refractivity contribution in [2.75, 3.05) is 6.61 Å². The number of hydrogen-bond donors (Lipinski definition) is 0. The molecule has 0 radical (unpaired) electrons. The summed E-state index contributed by atoms with van der Waals surface area (Å²) in [4.78, 5) is 17.6. The van der Waals surface area contributed by atoms with E-state index in [0.717, 1.165) is 17.7 Å². The van der Waals surface area contributed by atoms with Crippen LogP contribution in [0.5, 0.6) is 0 Å². The van der Waals surface area contributed by atoms with Crippen LogP contribution < -0.4 is 0 Å². The first kappa shape index (κ1) is 24.2. The molecule has 35 heavy (non-hydrogen) atoms. The molecule has 0 saturated carbocycles. The molecule has 2 aromatic carbocycles. The van der Waals surface area contributed by atoms with E-state index < -0.39 is 17.2 Å². The summed E-state index contributed by atoms with van der Waals surface area (Å²) >= 11 is 0. The van der Waals surface area contributed by atoms with Gasteiger partial charge in [0.2, 0.25) is 0 Å². The van der Waals surface area contributed by atoms with Gasteiger partial charge in [-0.2, -0.15) is 18.3 Å². The average molecular weight is 480 g/mol. The Bertz CT molecular complexity index is 1350. The van der Waals surface area contributed by atoms with Gasteiger partial charge in [0.05, 0.1) is 24.1 Å². The van der Waals surface area contributed by atoms with Crippen molar-refractivity contribution >= 4 is 23.8 Å². The standard InChI is InChI=1S/C27H24F3N3O2/c1-3-35-25(34)26(2,17-20-7-5-4-6-8-20)23-15-16-31-24-21(18-32-33(23)24)12-9-19-10-13-22(14-11-19)27(28,29)30/h4-16,18H,3,17H2,1-2H3/b12-9+. The minimum absolute atomic E-state index is 0.248. The first-order valence-corrected chi connectivity index (χ1v) is 11.1. The molecule has 0 amide bonds. The Labute approximate surface area is 200 Å². The van der Waals surface area contributed by atoms with E-state index in [1.807, 2.05) is 37.3 Å². The maximum atomic E-state index is 13.2. The highest BCUT2D eigenvalue weighted by Crippen LogP contribution is 2.31. The summed E-state index contributed by atoms with van der Waals surface area (Å²) < 4.78 is 45.5. The van der Waals surface area contributed by atoms with E-state index in [-0.39, 0.29) is 12.6 Å². The molecule has 8 heteroatoms. The van der Waals surface area contributed by atoms with Crippen LogP contribution in [0.15, 0.2) is 73.1 Å². The minimum Gasteiger partial charge on any atom is -0.465 e. The molecule has 4 rings (SSSR count). The van der Waals surface area contributed by atoms with Crippen molar-refractivity contribution in [3.63, 3.8) is 0 Å². The lowest BCUT2D eigenvalue weighted by molar-refractivity contribution is -0.149. The summed E-state index contributed by atoms with van der Waals surface area (Å²) in [7, 11) is 0. The van der Waals surface area contributed by atoms with Crippen molar-refractivity contribution < 1.29 is 22.7 Å². The molecule has 2 aromatic heterocycles. The van der Waals surface area contributed by atoms with Gasteiger partial charge in [-0.15, -0.1) is 0 Å². The number of esters is 1. The second kappa shape index (κ2) is 9.74. The van der Waals surface area contributed by atoms with E-state index >= 15 is 0 Å². The largest absolute Gasteiger partial charge is 0.465 e. The number of carbonyl (C=O) groups excluding carboxylic acids is 1. The van der Waals surface area contributed by atoms with Gasteiger partial charge in [-0.25, -0.2) is 9.50 Å². The highest BCUT2D eigenvalue weighted by molar-refractivity contribution is 5.83. The Morgan fingerprint density at radius 3 is 2.40 bits per heavy atom. The molecule has 0 spiro atoms. The molecule has 0 fully saturated rings. The molecule has 1 unspecified atom stereocenters. The Balaban J connectivity index is 1.71. The van der Waals surface area contributed by atoms with E-state index in [4.69, 9.17) is 4.74 Å². The lowest BCUT2D eigenvalue weighted by atomic mass is 9.80. The van der Waals surface area contributed by atoms with Crippen molar-refractivity contribution in [3.05, 3.63) is 101 Å². The predicted octanol–water partition coefficient (Wildman–Crippen LogP) is 5.98. The Morgan fingerprint density at radius 1 is 1.03 bits per heavy atom. The molecule has 0 bridgehead atoms. The molecular weight excluding hydrogens is 455 g/mol. The van der Waals surface area contributed by atoms with Crippen molar-refractivity contribution in [1.82, 2.24) is 14.6 Å². The van der Waals surface area contributed by atoms with Crippen molar-refractivity contribution in [3.8, 4) is 0 Å². The number of nitrogens with zero attached hydrogens (tertiary/aromatic N) is 3. The van der Waals surface area contributed by atoms with E-state index in [1.54, 1.807) is 42.1 Å². The summed E-state index contributed by atoms with van der Waals surface area (Å²) in [5, 5.41) is 4.47. The SMILES string of the molecule is CCOC(=O)C(C)(Cc1ccccc1)c1ccnc2c(/C=C/c3ccc(C(F)(F)F)cc3)cnn12. The molecule has 1 atom stereocenters. The summed E-state index contributed by atoms with van der Waals surface area (Å²) in [5.74, 6) is -0.367. The smallest absolute Gasteiger partial charge is 0.416 e. The fourth-order valence-corrected chi connectivity index (χ4v) is 3.98. The van der Waals surface area contributed by atoms with E-state index in [1.165, 1.54) is 12.1 Å². The van der Waals surface area contributed by atoms with Gasteiger partial charge in [-0.1, -0.05) is 48.5 Å². The molecule has 180 valence electrons. The Morgan fingerprint density at radius 2 is 1.74 bits per heavy atom. The lowest BCUT2D eigenvalue weighted by Crippen LogP contribution is -2.38. The highest BCUT2D eigenvalue weighted by atomic mass is 19.4. The molecule has 0 aliphatic rings. The quantitative estimate of drug-likeness (QED) is 0.306. The number of ether oxygens (including phenoxy) is 1. The number of rotatable bonds is 7. The second-order valence-corrected chi connectivity index (χ2v) is 8.33. The third-order valence-electron chi connectivity index (χ3n) is 5.81. The van der Waals surface area contributed by atoms with Crippen molar-refractivity contribution in [2.24, 2.45) is 0 Å². The zero-order valence-corrected chi connectivity index (χ0v) is 19.3. The van der Waals surface area contributed by atoms with Crippen LogP contribution in [0.2, 0.25) is 0 Å². The number of benzene rings is 2. The van der Waals surface area contributed by atoms with E-state index in [2.05, 4.69) is 10.1 Å². The molecule has 0 saturated heterocycles. The first-order valence-electron chi connectivity index (χ1n) is 11.1. The molecular formula is C27H24F3N3O2. The third-order valence-corrected chi connectivity index (χ3v) is 5.81. The molecule has 4 aromatic rings. The van der Waals surface area contributed by atoms with Gasteiger partial charge in [0, 0.05) is 11.8 Å². The van der Waals surface area contributed by atoms with Crippen LogP contribution in [0, 0.1) is 0 Å². The van der Waals surface area contributed by atoms with Crippen molar-refractivity contribution in [1.29, 1.82) is 0 Å². The number of hydrogen-bond acceptors (Lipinski definition) is 4. The lowest BCUT2D eigenvalue weighted by Gasteiger charge is -2.28. The van der Waals surface area contributed by atoms with Gasteiger partial charge in [-0.3, -0.25) is 4.79 Å². The van der Waals surface area contributed by atoms with Crippen LogP contribution in [0.4, 0.5) is 13.2 Å². The zero-order chi connectivity index (χ0) is 25.1. The topological polar surface area (TPSA) is 56.5 Å². The molecule has 2 heterocycles. The molecule has 0 N–H and O–H groups in total. The monoisotopic (exact) mass is 479 g/mol. The molecule has 0 aliphatic carbocycles. The van der Waals surface area contributed by atoms with Crippen LogP contribution in [0.25, 0.3) is 17.8 Å². The van der Waals surface area contributed by atoms with E-state index in [0.29, 0.717) is 28.9 Å². The van der Waals surface area contributed by atoms with Crippen molar-refractivity contribution in [2.45, 2.75) is 31.9 Å². The number of halogens is 3. The number of fused-ring (bicyclic) bond motifs is 1. The van der Waals surface area contributed by atoms with Gasteiger partial charge in [0.25, 0.3) is 0 Å². The average Bonchev–Trinajstić information content (AvgIpc) is 3.26. The predicted molar refractivity (Wildman–Crippen MR) is 127 cm³/mol. The maximum absolute atomic E-state index is 13.2. The number of alkyl halides is 3. The number of aromatic nitrogens is 3. The van der Waals surface area contributed by atoms with Gasteiger partial charge in [0.1, 0.15) is 5.41 Å². The summed E-state index contributed by atoms with van der Waals surface area (Å²) in [6.45, 7) is 3.84. The van der Waals surface area contributed by atoms with Crippen LogP contribution in [-0.4, -0.2) is 27.2 Å². The third kappa shape index (κ3) is 5.11. The first-order chi connectivity index (χ1) is 16.7. The van der Waals surface area contributed by atoms with Crippen LogP contribution in [0.1, 0.15) is 41.8 Å². The number of carbonyl (C=O) groups is 1. The Kier molecular flexibility index (Phi) is 6.73. The summed E-state index contributed by atoms with van der Waals surface area (Å²) in [5.41, 5.74) is 1.66. The van der Waals surface area contributed by atoms with Gasteiger partial charge < -0.3 is 4.74 Å². The molecule has 5 nitrogen and oxygen atoms in total. The Hall–Kier alpha value is -3.94. The van der Waals surface area contributed by atoms with E-state index in [9.17, 15) is 18.0 Å². The zero-order valence-electron chi connectivity index (χ0n) is 19.3. The minimum atomic E-state index is -4.38. The van der Waals surface area contributed by atoms with Gasteiger partial charge in [0.15, 0.2) is 5.65 Å². The fraction of sp³-hybridized carbons (Fsp3) is 0.222. The van der Waals surface area contributed by atoms with Crippen LogP contribution >= 0.6 is 0 Å². The fourth-order valence-electron chi connectivity index (χ4n) is 3.98. The normalized spacial score (nSPS) is 13.7. The summed E-state index contributed by atoms with van der Waals surface area (Å²) in [6, 6.07) is 16.3. The van der Waals surface area contributed by atoms with Gasteiger partial charge >= 0.3 is 12.1 Å². The summed E-state index contributed by atoms with van der Waals surface area (Å²) in [6.07, 6.45) is 2.68. The maximum Gasteiger partial charge on any atom is 0.416 e. The van der Waals surface area contributed by atoms with Gasteiger partial charge in [-0.05, 0) is 55.7 Å². The highest BCUT2D eigenvalue weighted by Gasteiger charge is 2.39. The van der Waals surface area contributed by atoms with Crippen LogP contribution in [0.3, 0.4) is 0 Å². The van der Waals surface area contributed by atoms with Crippen LogP contribution in [-0.2, 0) is 27.5 Å². The second-order valence-electron chi connectivity index (χ2n) is 8.33.